The molecule has 0 fully saturated rings. The number of fused-ring (bicyclic) bond motifs is 1. The van der Waals surface area contributed by atoms with Crippen molar-refractivity contribution in [2.24, 2.45) is 0 Å². The fourth-order valence-electron chi connectivity index (χ4n) is 2.81. The number of hydrogen-bond donors (Lipinski definition) is 1. The molecule has 3 heteroatoms. The van der Waals surface area contributed by atoms with Gasteiger partial charge >= 0.3 is 0 Å². The van der Waals surface area contributed by atoms with Crippen LogP contribution in [-0.4, -0.2) is 26.7 Å². The Balaban J connectivity index is 1.79. The van der Waals surface area contributed by atoms with E-state index in [2.05, 4.69) is 52.7 Å². The predicted octanol–water partition coefficient (Wildman–Crippen LogP) is 2.85. The maximum Gasteiger partial charge on any atom is 0.120 e. The molecular weight excluding hydrogens is 260 g/mol. The van der Waals surface area contributed by atoms with Gasteiger partial charge in [0.05, 0.1) is 7.11 Å². The number of anilines is 1. The Morgan fingerprint density at radius 1 is 1.14 bits per heavy atom. The highest BCUT2D eigenvalue weighted by Gasteiger charge is 2.15. The molecule has 3 nitrogen and oxygen atoms in total. The van der Waals surface area contributed by atoms with Gasteiger partial charge in [-0.15, -0.1) is 0 Å². The van der Waals surface area contributed by atoms with E-state index in [1.165, 1.54) is 16.8 Å². The molecule has 0 unspecified atom stereocenters. The van der Waals surface area contributed by atoms with Crippen LogP contribution in [0.5, 0.6) is 5.75 Å². The van der Waals surface area contributed by atoms with Gasteiger partial charge in [-0.3, -0.25) is 0 Å². The lowest BCUT2D eigenvalue weighted by atomic mass is 10.1. The van der Waals surface area contributed by atoms with Crippen molar-refractivity contribution in [1.29, 1.82) is 0 Å². The van der Waals surface area contributed by atoms with E-state index < -0.39 is 0 Å². The van der Waals surface area contributed by atoms with E-state index in [9.17, 15) is 0 Å². The number of hydrogen-bond acceptors (Lipinski definition) is 3. The van der Waals surface area contributed by atoms with Crippen LogP contribution in [-0.2, 0) is 13.0 Å². The monoisotopic (exact) mass is 282 g/mol. The maximum absolute atomic E-state index is 5.39. The van der Waals surface area contributed by atoms with Crippen LogP contribution in [0.25, 0.3) is 0 Å². The molecule has 1 aliphatic heterocycles. The first-order valence-electron chi connectivity index (χ1n) is 7.53. The van der Waals surface area contributed by atoms with Gasteiger partial charge in [0.1, 0.15) is 5.75 Å². The summed E-state index contributed by atoms with van der Waals surface area (Å²) >= 11 is 0. The zero-order chi connectivity index (χ0) is 14.5. The molecule has 0 saturated heterocycles. The third-order valence-corrected chi connectivity index (χ3v) is 4.02. The van der Waals surface area contributed by atoms with Crippen LogP contribution in [0.3, 0.4) is 0 Å². The highest BCUT2D eigenvalue weighted by atomic mass is 16.5. The summed E-state index contributed by atoms with van der Waals surface area (Å²) in [5.41, 5.74) is 4.04. The van der Waals surface area contributed by atoms with Crippen LogP contribution >= 0.6 is 0 Å². The zero-order valence-electron chi connectivity index (χ0n) is 12.5. The summed E-state index contributed by atoms with van der Waals surface area (Å²) in [4.78, 5) is 2.46. The summed E-state index contributed by atoms with van der Waals surface area (Å²) in [7, 11) is 1.73. The molecule has 0 radical (unpaired) electrons. The second-order valence-electron chi connectivity index (χ2n) is 5.39. The van der Waals surface area contributed by atoms with Crippen molar-refractivity contribution in [3.05, 3.63) is 59.7 Å². The van der Waals surface area contributed by atoms with Crippen molar-refractivity contribution < 1.29 is 4.74 Å². The Kier molecular flexibility index (Phi) is 4.41. The molecule has 0 saturated carbocycles. The van der Waals surface area contributed by atoms with Gasteiger partial charge in [0.25, 0.3) is 0 Å². The predicted molar refractivity (Wildman–Crippen MR) is 87.1 cm³/mol. The molecule has 2 aromatic rings. The molecule has 1 heterocycles. The lowest BCUT2D eigenvalue weighted by Crippen LogP contribution is -2.30. The van der Waals surface area contributed by atoms with Gasteiger partial charge in [-0.2, -0.15) is 0 Å². The normalized spacial score (nSPS) is 14.4. The smallest absolute Gasteiger partial charge is 0.120 e. The van der Waals surface area contributed by atoms with Crippen molar-refractivity contribution >= 4 is 5.69 Å². The van der Waals surface area contributed by atoms with Gasteiger partial charge in [-0.25, -0.2) is 0 Å². The zero-order valence-corrected chi connectivity index (χ0v) is 12.5. The summed E-state index contributed by atoms with van der Waals surface area (Å²) in [5.74, 6) is 0.931. The summed E-state index contributed by atoms with van der Waals surface area (Å²) < 4.78 is 5.39. The molecular formula is C18H22N2O. The van der Waals surface area contributed by atoms with Crippen LogP contribution in [0, 0.1) is 0 Å². The topological polar surface area (TPSA) is 24.5 Å². The summed E-state index contributed by atoms with van der Waals surface area (Å²) in [5, 5.41) is 3.49. The Hall–Kier alpha value is -2.00. The summed E-state index contributed by atoms with van der Waals surface area (Å²) in [6, 6.07) is 17.0. The third kappa shape index (κ3) is 3.37. The first kappa shape index (κ1) is 14.0. The third-order valence-electron chi connectivity index (χ3n) is 4.02. The number of nitrogens with one attached hydrogen (secondary N) is 1. The minimum atomic E-state index is 0.931. The Morgan fingerprint density at radius 2 is 2.00 bits per heavy atom. The average molecular weight is 282 g/mol. The summed E-state index contributed by atoms with van der Waals surface area (Å²) in [6.07, 6.45) is 1.07. The number of methoxy groups -OCH3 is 1. The van der Waals surface area contributed by atoms with Gasteiger partial charge in [-0.05, 0) is 23.6 Å². The van der Waals surface area contributed by atoms with Crippen LogP contribution in [0.15, 0.2) is 48.5 Å². The van der Waals surface area contributed by atoms with E-state index in [-0.39, 0.29) is 0 Å². The Morgan fingerprint density at radius 3 is 2.81 bits per heavy atom. The van der Waals surface area contributed by atoms with Crippen LogP contribution in [0.4, 0.5) is 5.69 Å². The van der Waals surface area contributed by atoms with E-state index in [1.807, 2.05) is 6.07 Å². The highest BCUT2D eigenvalue weighted by molar-refractivity contribution is 5.58. The second kappa shape index (κ2) is 6.64. The molecule has 0 spiro atoms. The molecule has 1 aliphatic rings. The fourth-order valence-corrected chi connectivity index (χ4v) is 2.81. The number of benzene rings is 2. The van der Waals surface area contributed by atoms with Gasteiger partial charge < -0.3 is 15.0 Å². The number of rotatable bonds is 4. The molecule has 0 bridgehead atoms. The molecule has 2 aromatic carbocycles. The fraction of sp³-hybridized carbons (Fsp3) is 0.333. The van der Waals surface area contributed by atoms with E-state index >= 15 is 0 Å². The van der Waals surface area contributed by atoms with Crippen molar-refractivity contribution in [3.8, 4) is 5.75 Å². The molecule has 0 amide bonds. The van der Waals surface area contributed by atoms with E-state index in [1.54, 1.807) is 7.11 Å². The first-order chi connectivity index (χ1) is 10.4. The van der Waals surface area contributed by atoms with Crippen molar-refractivity contribution in [1.82, 2.24) is 5.32 Å². The molecule has 0 aliphatic carbocycles. The minimum Gasteiger partial charge on any atom is -0.497 e. The minimum absolute atomic E-state index is 0.931. The quantitative estimate of drug-likeness (QED) is 0.933. The van der Waals surface area contributed by atoms with Gasteiger partial charge in [0.15, 0.2) is 0 Å². The molecule has 0 atom stereocenters. The molecule has 21 heavy (non-hydrogen) atoms. The highest BCUT2D eigenvalue weighted by Crippen LogP contribution is 2.27. The molecule has 0 aromatic heterocycles. The van der Waals surface area contributed by atoms with Crippen molar-refractivity contribution in [3.63, 3.8) is 0 Å². The van der Waals surface area contributed by atoms with Gasteiger partial charge in [0, 0.05) is 37.9 Å². The molecule has 110 valence electrons. The Labute approximate surface area is 126 Å². The van der Waals surface area contributed by atoms with Gasteiger partial charge in [0.2, 0.25) is 0 Å². The standard InChI is InChI=1S/C18H22N2O/c1-21-17-8-7-16-14-19-10-12-20(18(16)13-17)11-9-15-5-3-2-4-6-15/h2-8,13,19H,9-12,14H2,1H3. The van der Waals surface area contributed by atoms with Crippen LogP contribution in [0.2, 0.25) is 0 Å². The lowest BCUT2D eigenvalue weighted by molar-refractivity contribution is 0.414. The number of nitrogens with zero attached hydrogens (tertiary/aromatic N) is 1. The van der Waals surface area contributed by atoms with E-state index in [4.69, 9.17) is 4.74 Å². The maximum atomic E-state index is 5.39. The first-order valence-corrected chi connectivity index (χ1v) is 7.53. The van der Waals surface area contributed by atoms with E-state index in [0.717, 1.165) is 38.3 Å². The lowest BCUT2D eigenvalue weighted by Gasteiger charge is -2.25. The largest absolute Gasteiger partial charge is 0.497 e. The second-order valence-corrected chi connectivity index (χ2v) is 5.39. The van der Waals surface area contributed by atoms with E-state index in [0.29, 0.717) is 0 Å². The van der Waals surface area contributed by atoms with Crippen LogP contribution < -0.4 is 15.0 Å². The van der Waals surface area contributed by atoms with Crippen molar-refractivity contribution in [2.75, 3.05) is 31.6 Å². The molecule has 3 rings (SSSR count). The number of ether oxygens (including phenoxy) is 1. The SMILES string of the molecule is COc1ccc2c(c1)N(CCc1ccccc1)CCNC2. The average Bonchev–Trinajstić information content (AvgIpc) is 2.75. The Bertz CT molecular complexity index is 583. The molecule has 1 N–H and O–H groups in total. The van der Waals surface area contributed by atoms with Gasteiger partial charge in [-0.1, -0.05) is 36.4 Å². The van der Waals surface area contributed by atoms with Crippen molar-refractivity contribution in [2.45, 2.75) is 13.0 Å². The summed E-state index contributed by atoms with van der Waals surface area (Å²) in [6.45, 7) is 4.02. The van der Waals surface area contributed by atoms with Crippen LogP contribution in [0.1, 0.15) is 11.1 Å².